The predicted octanol–water partition coefficient (Wildman–Crippen LogP) is 5.75. The topological polar surface area (TPSA) is 37.8 Å². The molecular formula is C14H10Cl3N3S. The van der Waals surface area contributed by atoms with Crippen LogP contribution in [-0.4, -0.2) is 16.5 Å². The van der Waals surface area contributed by atoms with Gasteiger partial charge in [-0.1, -0.05) is 34.8 Å². The van der Waals surface area contributed by atoms with E-state index < -0.39 is 0 Å². The summed E-state index contributed by atoms with van der Waals surface area (Å²) in [5.74, 6) is 1.26. The van der Waals surface area contributed by atoms with E-state index in [-0.39, 0.29) is 0 Å². The molecule has 3 aromatic rings. The third-order valence-corrected chi connectivity index (χ3v) is 4.73. The second-order valence-electron chi connectivity index (χ2n) is 4.31. The number of fused-ring (bicyclic) bond motifs is 1. The number of nitrogens with zero attached hydrogens (tertiary/aromatic N) is 2. The highest BCUT2D eigenvalue weighted by atomic mass is 35.5. The van der Waals surface area contributed by atoms with Crippen LogP contribution in [0.5, 0.6) is 0 Å². The number of nitrogens with one attached hydrogen (secondary N) is 1. The highest BCUT2D eigenvalue weighted by Crippen LogP contribution is 2.36. The van der Waals surface area contributed by atoms with Crippen molar-refractivity contribution in [3.05, 3.63) is 38.6 Å². The van der Waals surface area contributed by atoms with Crippen LogP contribution in [0.3, 0.4) is 0 Å². The van der Waals surface area contributed by atoms with E-state index in [0.29, 0.717) is 32.2 Å². The van der Waals surface area contributed by atoms with Gasteiger partial charge in [-0.15, -0.1) is 11.3 Å². The molecule has 1 aromatic carbocycles. The standard InChI is InChI=1S/C14H10Cl3N3S/c1-2-18-13-8-5-7(15)6-10(17)11(8)19-14(20-13)12-9(16)3-4-21-12/h3-6H,2H2,1H3,(H,18,19,20). The van der Waals surface area contributed by atoms with E-state index in [0.717, 1.165) is 16.8 Å². The number of hydrogen-bond acceptors (Lipinski definition) is 4. The van der Waals surface area contributed by atoms with Gasteiger partial charge in [0.1, 0.15) is 5.82 Å². The molecule has 0 aliphatic carbocycles. The minimum atomic E-state index is 0.494. The van der Waals surface area contributed by atoms with Gasteiger partial charge < -0.3 is 5.32 Å². The number of rotatable bonds is 3. The fraction of sp³-hybridized carbons (Fsp3) is 0.143. The first kappa shape index (κ1) is 14.9. The monoisotopic (exact) mass is 357 g/mol. The number of anilines is 1. The van der Waals surface area contributed by atoms with E-state index in [1.807, 2.05) is 18.4 Å². The van der Waals surface area contributed by atoms with Crippen LogP contribution < -0.4 is 5.32 Å². The number of benzene rings is 1. The van der Waals surface area contributed by atoms with Crippen molar-refractivity contribution in [3.8, 4) is 10.7 Å². The lowest BCUT2D eigenvalue weighted by molar-refractivity contribution is 1.15. The molecule has 0 aliphatic rings. The summed E-state index contributed by atoms with van der Waals surface area (Å²) in [7, 11) is 0. The summed E-state index contributed by atoms with van der Waals surface area (Å²) in [6.45, 7) is 2.73. The molecule has 0 radical (unpaired) electrons. The third kappa shape index (κ3) is 2.81. The van der Waals surface area contributed by atoms with E-state index in [9.17, 15) is 0 Å². The highest BCUT2D eigenvalue weighted by Gasteiger charge is 2.15. The average Bonchev–Trinajstić information content (AvgIpc) is 2.86. The summed E-state index contributed by atoms with van der Waals surface area (Å²) >= 11 is 20.0. The maximum absolute atomic E-state index is 6.28. The maximum Gasteiger partial charge on any atom is 0.173 e. The predicted molar refractivity (Wildman–Crippen MR) is 92.0 cm³/mol. The van der Waals surface area contributed by atoms with Crippen molar-refractivity contribution < 1.29 is 0 Å². The lowest BCUT2D eigenvalue weighted by Crippen LogP contribution is -2.03. The minimum absolute atomic E-state index is 0.494. The molecule has 0 atom stereocenters. The van der Waals surface area contributed by atoms with Gasteiger partial charge in [-0.25, -0.2) is 9.97 Å². The van der Waals surface area contributed by atoms with Gasteiger partial charge >= 0.3 is 0 Å². The molecule has 0 saturated carbocycles. The van der Waals surface area contributed by atoms with Crippen LogP contribution in [0.15, 0.2) is 23.6 Å². The molecule has 21 heavy (non-hydrogen) atoms. The van der Waals surface area contributed by atoms with Crippen LogP contribution in [0.1, 0.15) is 6.92 Å². The molecule has 3 nitrogen and oxygen atoms in total. The summed E-state index contributed by atoms with van der Waals surface area (Å²) in [5, 5.41) is 7.60. The molecule has 1 N–H and O–H groups in total. The average molecular weight is 359 g/mol. The SMILES string of the molecule is CCNc1nc(-c2sccc2Cl)nc2c(Cl)cc(Cl)cc12. The summed E-state index contributed by atoms with van der Waals surface area (Å²) in [5.41, 5.74) is 0.659. The molecule has 2 aromatic heterocycles. The Balaban J connectivity index is 2.32. The molecule has 0 aliphatic heterocycles. The van der Waals surface area contributed by atoms with Crippen LogP contribution in [-0.2, 0) is 0 Å². The van der Waals surface area contributed by atoms with E-state index in [2.05, 4.69) is 15.3 Å². The molecule has 7 heteroatoms. The van der Waals surface area contributed by atoms with Crippen LogP contribution in [0, 0.1) is 0 Å². The van der Waals surface area contributed by atoms with Gasteiger partial charge in [0.25, 0.3) is 0 Å². The number of thiophene rings is 1. The molecule has 0 bridgehead atoms. The van der Waals surface area contributed by atoms with Gasteiger partial charge in [-0.05, 0) is 30.5 Å². The number of aromatic nitrogens is 2. The molecule has 0 amide bonds. The fourth-order valence-electron chi connectivity index (χ4n) is 2.01. The van der Waals surface area contributed by atoms with E-state index in [1.54, 1.807) is 12.1 Å². The van der Waals surface area contributed by atoms with Crippen molar-refractivity contribution in [2.75, 3.05) is 11.9 Å². The highest BCUT2D eigenvalue weighted by molar-refractivity contribution is 7.14. The Morgan fingerprint density at radius 3 is 2.62 bits per heavy atom. The first-order valence-corrected chi connectivity index (χ1v) is 8.25. The van der Waals surface area contributed by atoms with Crippen molar-refractivity contribution in [2.45, 2.75) is 6.92 Å². The zero-order chi connectivity index (χ0) is 15.0. The summed E-state index contributed by atoms with van der Waals surface area (Å²) in [4.78, 5) is 9.93. The Bertz CT molecular complexity index is 817. The lowest BCUT2D eigenvalue weighted by atomic mass is 10.2. The fourth-order valence-corrected chi connectivity index (χ4v) is 3.62. The van der Waals surface area contributed by atoms with Crippen molar-refractivity contribution >= 4 is 62.9 Å². The molecule has 0 saturated heterocycles. The summed E-state index contributed by atoms with van der Waals surface area (Å²) in [6, 6.07) is 5.31. The van der Waals surface area contributed by atoms with Gasteiger partial charge in [0, 0.05) is 17.0 Å². The third-order valence-electron chi connectivity index (χ3n) is 2.88. The van der Waals surface area contributed by atoms with E-state index in [4.69, 9.17) is 34.8 Å². The van der Waals surface area contributed by atoms with Crippen molar-refractivity contribution in [2.24, 2.45) is 0 Å². The Kier molecular flexibility index (Phi) is 4.22. The molecule has 2 heterocycles. The zero-order valence-corrected chi connectivity index (χ0v) is 14.0. The van der Waals surface area contributed by atoms with Crippen LogP contribution in [0.2, 0.25) is 15.1 Å². The summed E-state index contributed by atoms with van der Waals surface area (Å²) < 4.78 is 0. The van der Waals surface area contributed by atoms with Crippen molar-refractivity contribution in [1.82, 2.24) is 9.97 Å². The van der Waals surface area contributed by atoms with Gasteiger partial charge in [0.05, 0.1) is 20.4 Å². The smallest absolute Gasteiger partial charge is 0.173 e. The second-order valence-corrected chi connectivity index (χ2v) is 6.47. The molecular weight excluding hydrogens is 349 g/mol. The van der Waals surface area contributed by atoms with Crippen molar-refractivity contribution in [1.29, 1.82) is 0 Å². The molecule has 3 rings (SSSR count). The molecule has 108 valence electrons. The Morgan fingerprint density at radius 2 is 1.95 bits per heavy atom. The van der Waals surface area contributed by atoms with Crippen LogP contribution in [0.25, 0.3) is 21.6 Å². The summed E-state index contributed by atoms with van der Waals surface area (Å²) in [6.07, 6.45) is 0. The normalized spacial score (nSPS) is 11.0. The lowest BCUT2D eigenvalue weighted by Gasteiger charge is -2.10. The Morgan fingerprint density at radius 1 is 1.14 bits per heavy atom. The van der Waals surface area contributed by atoms with Crippen LogP contribution >= 0.6 is 46.1 Å². The first-order valence-electron chi connectivity index (χ1n) is 6.24. The van der Waals surface area contributed by atoms with Gasteiger partial charge in [0.2, 0.25) is 0 Å². The second kappa shape index (κ2) is 5.97. The molecule has 0 fully saturated rings. The van der Waals surface area contributed by atoms with Gasteiger partial charge in [0.15, 0.2) is 5.82 Å². The van der Waals surface area contributed by atoms with Crippen molar-refractivity contribution in [3.63, 3.8) is 0 Å². The number of hydrogen-bond donors (Lipinski definition) is 1. The van der Waals surface area contributed by atoms with Gasteiger partial charge in [-0.2, -0.15) is 0 Å². The number of halogens is 3. The molecule has 0 spiro atoms. The van der Waals surface area contributed by atoms with Gasteiger partial charge in [-0.3, -0.25) is 0 Å². The minimum Gasteiger partial charge on any atom is -0.370 e. The Hall–Kier alpha value is -1.07. The zero-order valence-electron chi connectivity index (χ0n) is 11.0. The quantitative estimate of drug-likeness (QED) is 0.647. The van der Waals surface area contributed by atoms with E-state index >= 15 is 0 Å². The first-order chi connectivity index (χ1) is 10.1. The Labute approximate surface area is 140 Å². The maximum atomic E-state index is 6.28. The largest absolute Gasteiger partial charge is 0.370 e. The molecule has 0 unspecified atom stereocenters. The van der Waals surface area contributed by atoms with E-state index in [1.165, 1.54) is 11.3 Å². The van der Waals surface area contributed by atoms with Crippen LogP contribution in [0.4, 0.5) is 5.82 Å².